The highest BCUT2D eigenvalue weighted by Gasteiger charge is 2.32. The van der Waals surface area contributed by atoms with Crippen molar-refractivity contribution in [1.29, 1.82) is 0 Å². The molecule has 0 heterocycles. The summed E-state index contributed by atoms with van der Waals surface area (Å²) in [7, 11) is 0. The molecule has 1 aromatic carbocycles. The van der Waals surface area contributed by atoms with Crippen LogP contribution in [0.4, 0.5) is 8.78 Å². The molecule has 0 aliphatic carbocycles. The lowest BCUT2D eigenvalue weighted by Gasteiger charge is -2.34. The van der Waals surface area contributed by atoms with Crippen LogP contribution in [0.25, 0.3) is 0 Å². The predicted octanol–water partition coefficient (Wildman–Crippen LogP) is 2.13. The first-order chi connectivity index (χ1) is 7.95. The Morgan fingerprint density at radius 2 is 1.71 bits per heavy atom. The Kier molecular flexibility index (Phi) is 4.60. The lowest BCUT2D eigenvalue weighted by atomic mass is 9.74. The first-order valence-corrected chi connectivity index (χ1v) is 5.61. The van der Waals surface area contributed by atoms with Gasteiger partial charge in [0.25, 0.3) is 0 Å². The van der Waals surface area contributed by atoms with E-state index in [1.54, 1.807) is 0 Å². The molecule has 0 aliphatic heterocycles. The van der Waals surface area contributed by atoms with Crippen molar-refractivity contribution >= 4 is 0 Å². The fourth-order valence-corrected chi connectivity index (χ4v) is 1.79. The highest BCUT2D eigenvalue weighted by molar-refractivity contribution is 5.19. The van der Waals surface area contributed by atoms with Crippen molar-refractivity contribution in [3.05, 3.63) is 35.4 Å². The average molecular weight is 244 g/mol. The van der Waals surface area contributed by atoms with Gasteiger partial charge in [-0.1, -0.05) is 19.9 Å². The summed E-state index contributed by atoms with van der Waals surface area (Å²) in [5.74, 6) is -1.77. The molecule has 0 fully saturated rings. The Bertz CT molecular complexity index is 374. The van der Waals surface area contributed by atoms with Crippen LogP contribution in [0, 0.1) is 23.0 Å². The van der Waals surface area contributed by atoms with Gasteiger partial charge in [-0.15, -0.1) is 0 Å². The molecular formula is C13H18F2O2. The zero-order valence-corrected chi connectivity index (χ0v) is 10.1. The molecule has 0 atom stereocenters. The Morgan fingerprint density at radius 3 is 2.12 bits per heavy atom. The second kappa shape index (κ2) is 5.56. The lowest BCUT2D eigenvalue weighted by Crippen LogP contribution is -2.37. The molecule has 4 heteroatoms. The minimum Gasteiger partial charge on any atom is -0.396 e. The van der Waals surface area contributed by atoms with E-state index in [1.165, 1.54) is 6.07 Å². The van der Waals surface area contributed by atoms with Crippen molar-refractivity contribution in [1.82, 2.24) is 0 Å². The molecule has 1 aromatic rings. The minimum atomic E-state index is -0.906. The van der Waals surface area contributed by atoms with Gasteiger partial charge in [0.2, 0.25) is 0 Å². The van der Waals surface area contributed by atoms with Gasteiger partial charge in [-0.2, -0.15) is 0 Å². The largest absolute Gasteiger partial charge is 0.396 e. The first kappa shape index (κ1) is 14.1. The van der Waals surface area contributed by atoms with E-state index in [1.807, 2.05) is 13.8 Å². The van der Waals surface area contributed by atoms with Crippen LogP contribution in [0.5, 0.6) is 0 Å². The van der Waals surface area contributed by atoms with Crippen molar-refractivity contribution in [2.24, 2.45) is 11.3 Å². The lowest BCUT2D eigenvalue weighted by molar-refractivity contribution is 0.0162. The molecular weight excluding hydrogens is 226 g/mol. The third kappa shape index (κ3) is 3.01. The third-order valence-electron chi connectivity index (χ3n) is 3.39. The van der Waals surface area contributed by atoms with Crippen LogP contribution in [0.1, 0.15) is 19.4 Å². The number of rotatable bonds is 5. The summed E-state index contributed by atoms with van der Waals surface area (Å²) in [6, 6.07) is 3.64. The van der Waals surface area contributed by atoms with E-state index in [-0.39, 0.29) is 19.1 Å². The fourth-order valence-electron chi connectivity index (χ4n) is 1.79. The third-order valence-corrected chi connectivity index (χ3v) is 3.39. The van der Waals surface area contributed by atoms with Crippen molar-refractivity contribution in [2.75, 3.05) is 13.2 Å². The van der Waals surface area contributed by atoms with E-state index < -0.39 is 17.0 Å². The van der Waals surface area contributed by atoms with E-state index in [0.717, 1.165) is 12.1 Å². The molecule has 0 unspecified atom stereocenters. The summed E-state index contributed by atoms with van der Waals surface area (Å²) in [5.41, 5.74) is -0.134. The average Bonchev–Trinajstić information content (AvgIpc) is 2.30. The normalized spacial score (nSPS) is 12.2. The minimum absolute atomic E-state index is 0.0330. The second-order valence-electron chi connectivity index (χ2n) is 4.76. The molecule has 0 radical (unpaired) electrons. The molecule has 0 aliphatic rings. The van der Waals surface area contributed by atoms with E-state index in [4.69, 9.17) is 0 Å². The summed E-state index contributed by atoms with van der Waals surface area (Å²) < 4.78 is 25.8. The Morgan fingerprint density at radius 1 is 1.12 bits per heavy atom. The van der Waals surface area contributed by atoms with Crippen LogP contribution < -0.4 is 0 Å². The highest BCUT2D eigenvalue weighted by Crippen LogP contribution is 2.31. The van der Waals surface area contributed by atoms with Crippen molar-refractivity contribution in [3.8, 4) is 0 Å². The number of hydrogen-bond donors (Lipinski definition) is 2. The van der Waals surface area contributed by atoms with E-state index in [0.29, 0.717) is 12.0 Å². The smallest absolute Gasteiger partial charge is 0.159 e. The van der Waals surface area contributed by atoms with Gasteiger partial charge in [0.1, 0.15) is 0 Å². The quantitative estimate of drug-likeness (QED) is 0.833. The maximum absolute atomic E-state index is 13.1. The summed E-state index contributed by atoms with van der Waals surface area (Å²) in [6.45, 7) is 3.37. The Balaban J connectivity index is 2.97. The maximum atomic E-state index is 13.1. The molecule has 17 heavy (non-hydrogen) atoms. The SMILES string of the molecule is CC(C)C(CO)(CO)Cc1ccc(F)c(F)c1. The van der Waals surface area contributed by atoms with Crippen molar-refractivity contribution in [3.63, 3.8) is 0 Å². The molecule has 2 nitrogen and oxygen atoms in total. The van der Waals surface area contributed by atoms with Gasteiger partial charge < -0.3 is 10.2 Å². The number of benzene rings is 1. The van der Waals surface area contributed by atoms with Crippen LogP contribution in [0.3, 0.4) is 0 Å². The van der Waals surface area contributed by atoms with Gasteiger partial charge in [0.05, 0.1) is 13.2 Å². The molecule has 0 amide bonds. The molecule has 0 aromatic heterocycles. The fraction of sp³-hybridized carbons (Fsp3) is 0.538. The van der Waals surface area contributed by atoms with Crippen LogP contribution in [-0.2, 0) is 6.42 Å². The number of aliphatic hydroxyl groups is 2. The van der Waals surface area contributed by atoms with Crippen molar-refractivity contribution in [2.45, 2.75) is 20.3 Å². The van der Waals surface area contributed by atoms with Gasteiger partial charge in [-0.05, 0) is 30.0 Å². The molecule has 0 bridgehead atoms. The van der Waals surface area contributed by atoms with Gasteiger partial charge in [0.15, 0.2) is 11.6 Å². The Labute approximate surface area is 99.9 Å². The standard InChI is InChI=1S/C13H18F2O2/c1-9(2)13(7-16,8-17)6-10-3-4-11(14)12(15)5-10/h3-5,9,16-17H,6-8H2,1-2H3. The second-order valence-corrected chi connectivity index (χ2v) is 4.76. The molecule has 0 saturated carbocycles. The summed E-state index contributed by atoms with van der Waals surface area (Å²) >= 11 is 0. The monoisotopic (exact) mass is 244 g/mol. The summed E-state index contributed by atoms with van der Waals surface area (Å²) in [5, 5.41) is 18.8. The van der Waals surface area contributed by atoms with Gasteiger partial charge in [-0.3, -0.25) is 0 Å². The zero-order chi connectivity index (χ0) is 13.1. The van der Waals surface area contributed by atoms with E-state index >= 15 is 0 Å². The summed E-state index contributed by atoms with van der Waals surface area (Å²) in [6.07, 6.45) is 0.314. The molecule has 2 N–H and O–H groups in total. The number of hydrogen-bond acceptors (Lipinski definition) is 2. The van der Waals surface area contributed by atoms with Crippen LogP contribution >= 0.6 is 0 Å². The van der Waals surface area contributed by atoms with Crippen LogP contribution in [-0.4, -0.2) is 23.4 Å². The van der Waals surface area contributed by atoms with Crippen LogP contribution in [0.2, 0.25) is 0 Å². The van der Waals surface area contributed by atoms with Gasteiger partial charge in [-0.25, -0.2) is 8.78 Å². The molecule has 0 saturated heterocycles. The van der Waals surface area contributed by atoms with E-state index in [9.17, 15) is 19.0 Å². The molecule has 96 valence electrons. The number of halogens is 2. The molecule has 0 spiro atoms. The first-order valence-electron chi connectivity index (χ1n) is 5.61. The van der Waals surface area contributed by atoms with Crippen molar-refractivity contribution < 1.29 is 19.0 Å². The zero-order valence-electron chi connectivity index (χ0n) is 10.1. The Hall–Kier alpha value is -1.00. The predicted molar refractivity (Wildman–Crippen MR) is 61.5 cm³/mol. The van der Waals surface area contributed by atoms with Crippen LogP contribution in [0.15, 0.2) is 18.2 Å². The summed E-state index contributed by atoms with van der Waals surface area (Å²) in [4.78, 5) is 0. The molecule has 1 rings (SSSR count). The van der Waals surface area contributed by atoms with E-state index in [2.05, 4.69) is 0 Å². The van der Waals surface area contributed by atoms with Gasteiger partial charge in [0, 0.05) is 5.41 Å². The topological polar surface area (TPSA) is 40.5 Å². The number of aliphatic hydroxyl groups excluding tert-OH is 2. The maximum Gasteiger partial charge on any atom is 0.159 e. The van der Waals surface area contributed by atoms with Gasteiger partial charge >= 0.3 is 0 Å². The highest BCUT2D eigenvalue weighted by atomic mass is 19.2.